The molecule has 1 aromatic rings. The lowest BCUT2D eigenvalue weighted by atomic mass is 9.92. The number of halogens is 2. The number of likely N-dealkylation sites (tertiary alicyclic amines) is 1. The Balaban J connectivity index is 1.80. The summed E-state index contributed by atoms with van der Waals surface area (Å²) >= 11 is 0. The largest absolute Gasteiger partial charge is 0.481 e. The number of carboxylic acid groups (broad SMARTS) is 1. The van der Waals surface area contributed by atoms with Crippen LogP contribution < -0.4 is 4.74 Å². The Labute approximate surface area is 131 Å². The number of para-hydroxylation sites is 1. The van der Waals surface area contributed by atoms with Gasteiger partial charge in [0.25, 0.3) is 5.91 Å². The molecule has 1 aliphatic carbocycles. The van der Waals surface area contributed by atoms with Gasteiger partial charge in [-0.2, -0.15) is 8.78 Å². The van der Waals surface area contributed by atoms with Crippen molar-refractivity contribution in [2.24, 2.45) is 17.8 Å². The number of hydrogen-bond donors (Lipinski definition) is 1. The van der Waals surface area contributed by atoms with Crippen molar-refractivity contribution in [2.45, 2.75) is 19.5 Å². The average Bonchev–Trinajstić information content (AvgIpc) is 3.24. The van der Waals surface area contributed by atoms with E-state index in [1.807, 2.05) is 0 Å². The third-order valence-corrected chi connectivity index (χ3v) is 4.53. The van der Waals surface area contributed by atoms with Gasteiger partial charge >= 0.3 is 12.6 Å². The molecule has 3 rings (SSSR count). The lowest BCUT2D eigenvalue weighted by Crippen LogP contribution is -2.30. The first-order valence-electron chi connectivity index (χ1n) is 7.53. The van der Waals surface area contributed by atoms with Crippen LogP contribution in [0.1, 0.15) is 23.2 Å². The molecule has 0 aromatic heterocycles. The normalized spacial score (nSPS) is 24.0. The van der Waals surface area contributed by atoms with Gasteiger partial charge in [-0.25, -0.2) is 0 Å². The van der Waals surface area contributed by atoms with Gasteiger partial charge in [0, 0.05) is 13.1 Å². The summed E-state index contributed by atoms with van der Waals surface area (Å²) in [5, 5.41) is 9.34. The number of carbonyl (C=O) groups is 2. The van der Waals surface area contributed by atoms with Gasteiger partial charge in [-0.1, -0.05) is 12.1 Å². The molecule has 2 fully saturated rings. The molecule has 124 valence electrons. The second-order valence-corrected chi connectivity index (χ2v) is 6.03. The molecular weight excluding hydrogens is 308 g/mol. The monoisotopic (exact) mass is 325 g/mol. The van der Waals surface area contributed by atoms with Crippen molar-refractivity contribution < 1.29 is 28.2 Å². The minimum absolute atomic E-state index is 0.0355. The number of carboxylic acids is 1. The van der Waals surface area contributed by atoms with Gasteiger partial charge in [0.15, 0.2) is 0 Å². The van der Waals surface area contributed by atoms with Crippen molar-refractivity contribution in [1.82, 2.24) is 4.90 Å². The number of carbonyl (C=O) groups excluding carboxylic acids is 1. The van der Waals surface area contributed by atoms with E-state index < -0.39 is 24.4 Å². The molecule has 2 aliphatic rings. The van der Waals surface area contributed by atoms with E-state index in [-0.39, 0.29) is 23.8 Å². The molecule has 2 atom stereocenters. The van der Waals surface area contributed by atoms with E-state index in [1.54, 1.807) is 6.07 Å². The highest BCUT2D eigenvalue weighted by atomic mass is 19.3. The summed E-state index contributed by atoms with van der Waals surface area (Å²) < 4.78 is 29.3. The molecule has 0 bridgehead atoms. The molecular formula is C16H17F2NO4. The van der Waals surface area contributed by atoms with Gasteiger partial charge in [-0.15, -0.1) is 0 Å². The molecule has 23 heavy (non-hydrogen) atoms. The number of rotatable bonds is 5. The molecule has 1 aromatic carbocycles. The van der Waals surface area contributed by atoms with Crippen LogP contribution in [0.25, 0.3) is 0 Å². The number of amides is 1. The highest BCUT2D eigenvalue weighted by molar-refractivity contribution is 5.97. The van der Waals surface area contributed by atoms with Crippen LogP contribution in [0, 0.1) is 17.8 Å². The first kappa shape index (κ1) is 15.7. The van der Waals surface area contributed by atoms with E-state index in [0.717, 1.165) is 12.8 Å². The zero-order valence-corrected chi connectivity index (χ0v) is 12.3. The molecule has 0 unspecified atom stereocenters. The Kier molecular flexibility index (Phi) is 4.19. The van der Waals surface area contributed by atoms with Gasteiger partial charge in [-0.05, 0) is 36.8 Å². The predicted octanol–water partition coefficient (Wildman–Crippen LogP) is 2.47. The van der Waals surface area contributed by atoms with Crippen LogP contribution in [0.4, 0.5) is 8.78 Å². The van der Waals surface area contributed by atoms with Crippen LogP contribution in [0.15, 0.2) is 24.3 Å². The maximum absolute atomic E-state index is 12.6. The van der Waals surface area contributed by atoms with Crippen LogP contribution >= 0.6 is 0 Å². The highest BCUT2D eigenvalue weighted by Crippen LogP contribution is 2.44. The fraction of sp³-hybridized carbons (Fsp3) is 0.500. The second-order valence-electron chi connectivity index (χ2n) is 6.03. The number of aliphatic carboxylic acids is 1. The van der Waals surface area contributed by atoms with E-state index in [0.29, 0.717) is 12.5 Å². The third-order valence-electron chi connectivity index (χ3n) is 4.53. The fourth-order valence-corrected chi connectivity index (χ4v) is 3.27. The second kappa shape index (κ2) is 6.14. The molecule has 1 N–H and O–H groups in total. The molecule has 0 radical (unpaired) electrons. The van der Waals surface area contributed by atoms with E-state index in [2.05, 4.69) is 4.74 Å². The van der Waals surface area contributed by atoms with Crippen molar-refractivity contribution in [3.05, 3.63) is 29.8 Å². The summed E-state index contributed by atoms with van der Waals surface area (Å²) in [5.41, 5.74) is 0.0355. The SMILES string of the molecule is O=C(O)[C@H]1CN(C(=O)c2ccccc2OC(F)F)C[C@@H]1C1CC1. The lowest BCUT2D eigenvalue weighted by Gasteiger charge is -2.18. The maximum Gasteiger partial charge on any atom is 0.387 e. The van der Waals surface area contributed by atoms with Crippen molar-refractivity contribution in [3.63, 3.8) is 0 Å². The van der Waals surface area contributed by atoms with Gasteiger partial charge < -0.3 is 14.7 Å². The van der Waals surface area contributed by atoms with E-state index in [1.165, 1.54) is 23.1 Å². The number of nitrogens with zero attached hydrogens (tertiary/aromatic N) is 1. The maximum atomic E-state index is 12.6. The van der Waals surface area contributed by atoms with E-state index >= 15 is 0 Å². The van der Waals surface area contributed by atoms with Crippen molar-refractivity contribution >= 4 is 11.9 Å². The highest BCUT2D eigenvalue weighted by Gasteiger charge is 2.47. The van der Waals surface area contributed by atoms with E-state index in [4.69, 9.17) is 0 Å². The zero-order chi connectivity index (χ0) is 16.6. The Morgan fingerprint density at radius 2 is 1.91 bits per heavy atom. The average molecular weight is 325 g/mol. The Hall–Kier alpha value is -2.18. The predicted molar refractivity (Wildman–Crippen MR) is 76.3 cm³/mol. The van der Waals surface area contributed by atoms with Crippen LogP contribution in [0.2, 0.25) is 0 Å². The first-order chi connectivity index (χ1) is 11.0. The molecule has 1 amide bonds. The summed E-state index contributed by atoms with van der Waals surface area (Å²) in [5.74, 6) is -1.85. The quantitative estimate of drug-likeness (QED) is 0.903. The van der Waals surface area contributed by atoms with Crippen molar-refractivity contribution in [2.75, 3.05) is 13.1 Å². The van der Waals surface area contributed by atoms with E-state index in [9.17, 15) is 23.5 Å². The molecule has 0 spiro atoms. The minimum Gasteiger partial charge on any atom is -0.481 e. The van der Waals surface area contributed by atoms with Crippen molar-refractivity contribution in [3.8, 4) is 5.75 Å². The number of hydrogen-bond acceptors (Lipinski definition) is 3. The number of alkyl halides is 2. The van der Waals surface area contributed by atoms with Crippen molar-refractivity contribution in [1.29, 1.82) is 0 Å². The number of benzene rings is 1. The summed E-state index contributed by atoms with van der Waals surface area (Å²) in [7, 11) is 0. The van der Waals surface area contributed by atoms with Crippen LogP contribution in [0.3, 0.4) is 0 Å². The number of ether oxygens (including phenoxy) is 1. The third kappa shape index (κ3) is 3.28. The Bertz CT molecular complexity index is 618. The molecule has 1 saturated heterocycles. The lowest BCUT2D eigenvalue weighted by molar-refractivity contribution is -0.142. The van der Waals surface area contributed by atoms with Crippen LogP contribution in [-0.2, 0) is 4.79 Å². The van der Waals surface area contributed by atoms with Gasteiger partial charge in [0.2, 0.25) is 0 Å². The standard InChI is InChI=1S/C16H17F2NO4/c17-16(18)23-13-4-2-1-3-10(13)14(20)19-7-11(9-5-6-9)12(8-19)15(21)22/h1-4,9,11-12,16H,5-8H2,(H,21,22)/t11-,12+/m1/s1. The van der Waals surface area contributed by atoms with Gasteiger partial charge in [0.1, 0.15) is 5.75 Å². The van der Waals surface area contributed by atoms with Crippen LogP contribution in [-0.4, -0.2) is 41.6 Å². The molecule has 1 aliphatic heterocycles. The smallest absolute Gasteiger partial charge is 0.387 e. The zero-order valence-electron chi connectivity index (χ0n) is 12.3. The molecule has 5 nitrogen and oxygen atoms in total. The fourth-order valence-electron chi connectivity index (χ4n) is 3.27. The van der Waals surface area contributed by atoms with Gasteiger partial charge in [-0.3, -0.25) is 9.59 Å². The van der Waals surface area contributed by atoms with Crippen LogP contribution in [0.5, 0.6) is 5.75 Å². The summed E-state index contributed by atoms with van der Waals surface area (Å²) in [6.45, 7) is -2.56. The minimum atomic E-state index is -3.02. The molecule has 1 saturated carbocycles. The summed E-state index contributed by atoms with van der Waals surface area (Å²) in [6.07, 6.45) is 1.98. The summed E-state index contributed by atoms with van der Waals surface area (Å²) in [4.78, 5) is 25.5. The van der Waals surface area contributed by atoms with Gasteiger partial charge in [0.05, 0.1) is 11.5 Å². The molecule has 1 heterocycles. The Morgan fingerprint density at radius 3 is 2.52 bits per heavy atom. The topological polar surface area (TPSA) is 66.8 Å². The summed E-state index contributed by atoms with van der Waals surface area (Å²) in [6, 6.07) is 5.79. The Morgan fingerprint density at radius 1 is 1.22 bits per heavy atom. The first-order valence-corrected chi connectivity index (χ1v) is 7.53. The molecule has 7 heteroatoms.